The van der Waals surface area contributed by atoms with Crippen molar-refractivity contribution in [3.05, 3.63) is 66.0 Å². The van der Waals surface area contributed by atoms with Crippen LogP contribution in [0, 0.1) is 0 Å². The minimum atomic E-state index is 1.11. The first-order valence-electron chi connectivity index (χ1n) is 6.39. The van der Waals surface area contributed by atoms with Crippen LogP contribution < -0.4 is 0 Å². The van der Waals surface area contributed by atoms with Gasteiger partial charge in [-0.1, -0.05) is 42.8 Å². The van der Waals surface area contributed by atoms with Crippen LogP contribution in [0.4, 0.5) is 0 Å². The van der Waals surface area contributed by atoms with Gasteiger partial charge in [-0.15, -0.1) is 0 Å². The Morgan fingerprint density at radius 2 is 1.47 bits per heavy atom. The zero-order valence-electron chi connectivity index (χ0n) is 10.2. The van der Waals surface area contributed by atoms with Gasteiger partial charge in [0, 0.05) is 11.9 Å². The molecule has 0 N–H and O–H groups in total. The smallest absolute Gasteiger partial charge is 0.0403 e. The second-order valence-electron chi connectivity index (χ2n) is 4.37. The number of hydrogen-bond donors (Lipinski definition) is 0. The summed E-state index contributed by atoms with van der Waals surface area (Å²) in [4.78, 5) is 4.33. The van der Waals surface area contributed by atoms with Gasteiger partial charge in [0.1, 0.15) is 0 Å². The zero-order chi connectivity index (χ0) is 11.8. The Bertz CT molecular complexity index is 367. The van der Waals surface area contributed by atoms with Crippen molar-refractivity contribution in [1.82, 2.24) is 4.98 Å². The second kappa shape index (κ2) is 6.85. The molecule has 0 bridgehead atoms. The van der Waals surface area contributed by atoms with Crippen molar-refractivity contribution in [3.63, 3.8) is 0 Å². The topological polar surface area (TPSA) is 12.9 Å². The van der Waals surface area contributed by atoms with E-state index in [-0.39, 0.29) is 0 Å². The monoisotopic (exact) mass is 225 g/mol. The Morgan fingerprint density at radius 3 is 2.24 bits per heavy atom. The lowest BCUT2D eigenvalue weighted by molar-refractivity contribution is 0.671. The Balaban J connectivity index is 1.61. The normalized spacial score (nSPS) is 10.4. The van der Waals surface area contributed by atoms with Crippen molar-refractivity contribution in [2.24, 2.45) is 0 Å². The predicted octanol–water partition coefficient (Wildman–Crippen LogP) is 4.04. The molecule has 0 saturated carbocycles. The zero-order valence-corrected chi connectivity index (χ0v) is 10.2. The van der Waals surface area contributed by atoms with Gasteiger partial charge in [0.2, 0.25) is 0 Å². The fraction of sp³-hybridized carbons (Fsp3) is 0.312. The maximum absolute atomic E-state index is 4.33. The summed E-state index contributed by atoms with van der Waals surface area (Å²) in [5.41, 5.74) is 2.66. The lowest BCUT2D eigenvalue weighted by atomic mass is 10.1. The molecular weight excluding hydrogens is 206 g/mol. The van der Waals surface area contributed by atoms with Crippen LogP contribution in [0.3, 0.4) is 0 Å². The van der Waals surface area contributed by atoms with Gasteiger partial charge < -0.3 is 0 Å². The number of benzene rings is 1. The third-order valence-corrected chi connectivity index (χ3v) is 2.97. The molecule has 88 valence electrons. The average Bonchev–Trinajstić information content (AvgIpc) is 2.41. The number of rotatable bonds is 6. The minimum absolute atomic E-state index is 1.11. The molecule has 0 aliphatic carbocycles. The first-order chi connectivity index (χ1) is 8.45. The number of unbranched alkanes of at least 4 members (excludes halogenated alkanes) is 2. The van der Waals surface area contributed by atoms with Crippen molar-refractivity contribution in [2.45, 2.75) is 32.1 Å². The molecule has 0 unspecified atom stereocenters. The molecule has 0 radical (unpaired) electrons. The molecule has 1 aromatic carbocycles. The molecule has 0 amide bonds. The van der Waals surface area contributed by atoms with E-state index >= 15 is 0 Å². The highest BCUT2D eigenvalue weighted by Gasteiger charge is 1.95. The van der Waals surface area contributed by atoms with Gasteiger partial charge in [-0.2, -0.15) is 0 Å². The Kier molecular flexibility index (Phi) is 4.77. The van der Waals surface area contributed by atoms with Crippen molar-refractivity contribution in [2.75, 3.05) is 0 Å². The van der Waals surface area contributed by atoms with Gasteiger partial charge in [0.15, 0.2) is 0 Å². The summed E-state index contributed by atoms with van der Waals surface area (Å²) >= 11 is 0. The van der Waals surface area contributed by atoms with Crippen LogP contribution in [0.2, 0.25) is 0 Å². The maximum atomic E-state index is 4.33. The fourth-order valence-corrected chi connectivity index (χ4v) is 2.00. The predicted molar refractivity (Wildman–Crippen MR) is 71.9 cm³/mol. The van der Waals surface area contributed by atoms with Gasteiger partial charge in [-0.3, -0.25) is 4.98 Å². The summed E-state index contributed by atoms with van der Waals surface area (Å²) in [6, 6.07) is 16.9. The van der Waals surface area contributed by atoms with E-state index in [9.17, 15) is 0 Å². The quantitative estimate of drug-likeness (QED) is 0.676. The van der Waals surface area contributed by atoms with Gasteiger partial charge in [0.05, 0.1) is 0 Å². The van der Waals surface area contributed by atoms with Crippen LogP contribution in [0.25, 0.3) is 0 Å². The van der Waals surface area contributed by atoms with Gasteiger partial charge in [-0.05, 0) is 43.4 Å². The fourth-order valence-electron chi connectivity index (χ4n) is 2.00. The maximum Gasteiger partial charge on any atom is 0.0403 e. The van der Waals surface area contributed by atoms with E-state index in [1.807, 2.05) is 12.3 Å². The van der Waals surface area contributed by atoms with Crippen molar-refractivity contribution >= 4 is 0 Å². The van der Waals surface area contributed by atoms with E-state index < -0.39 is 0 Å². The highest BCUT2D eigenvalue weighted by Crippen LogP contribution is 2.08. The standard InChI is InChI=1S/C16H19N/c1-3-9-15(10-4-1)11-5-2-6-12-16-13-7-8-14-17-16/h1,3-4,7-10,13-14H,2,5-6,11-12H2. The Hall–Kier alpha value is -1.63. The molecule has 0 saturated heterocycles. The van der Waals surface area contributed by atoms with Crippen LogP contribution in [-0.2, 0) is 12.8 Å². The number of aromatic nitrogens is 1. The Morgan fingerprint density at radius 1 is 0.706 bits per heavy atom. The first-order valence-corrected chi connectivity index (χ1v) is 6.39. The van der Waals surface area contributed by atoms with Crippen molar-refractivity contribution < 1.29 is 0 Å². The molecule has 0 aliphatic heterocycles. The number of nitrogens with zero attached hydrogens (tertiary/aromatic N) is 1. The molecule has 0 spiro atoms. The molecule has 2 aromatic rings. The lowest BCUT2D eigenvalue weighted by Crippen LogP contribution is -1.90. The number of pyridine rings is 1. The SMILES string of the molecule is c1ccc(CCCCCc2ccccn2)cc1. The summed E-state index contributed by atoms with van der Waals surface area (Å²) in [6.45, 7) is 0. The van der Waals surface area contributed by atoms with E-state index in [4.69, 9.17) is 0 Å². The molecule has 2 rings (SSSR count). The van der Waals surface area contributed by atoms with Crippen molar-refractivity contribution in [3.8, 4) is 0 Å². The summed E-state index contributed by atoms with van der Waals surface area (Å²) in [5.74, 6) is 0. The Labute approximate surface area is 104 Å². The van der Waals surface area contributed by atoms with E-state index in [2.05, 4.69) is 47.4 Å². The third kappa shape index (κ3) is 4.39. The highest BCUT2D eigenvalue weighted by atomic mass is 14.7. The largest absolute Gasteiger partial charge is 0.261 e. The summed E-state index contributed by atoms with van der Waals surface area (Å²) < 4.78 is 0. The molecule has 0 atom stereocenters. The summed E-state index contributed by atoms with van der Waals surface area (Å²) in [6.07, 6.45) is 7.98. The molecule has 1 heteroatoms. The molecule has 17 heavy (non-hydrogen) atoms. The van der Waals surface area contributed by atoms with E-state index in [1.165, 1.54) is 36.9 Å². The van der Waals surface area contributed by atoms with Crippen LogP contribution >= 0.6 is 0 Å². The second-order valence-corrected chi connectivity index (χ2v) is 4.37. The molecule has 1 nitrogen and oxygen atoms in total. The van der Waals surface area contributed by atoms with E-state index in [1.54, 1.807) is 0 Å². The molecule has 1 heterocycles. The van der Waals surface area contributed by atoms with Crippen LogP contribution in [0.1, 0.15) is 30.5 Å². The third-order valence-electron chi connectivity index (χ3n) is 2.97. The molecule has 0 fully saturated rings. The number of aryl methyl sites for hydroxylation is 2. The van der Waals surface area contributed by atoms with Crippen LogP contribution in [0.15, 0.2) is 54.7 Å². The molecule has 0 aliphatic rings. The first kappa shape index (κ1) is 11.8. The molecular formula is C16H19N. The lowest BCUT2D eigenvalue weighted by Gasteiger charge is -2.02. The number of hydrogen-bond acceptors (Lipinski definition) is 1. The van der Waals surface area contributed by atoms with E-state index in [0.29, 0.717) is 0 Å². The van der Waals surface area contributed by atoms with E-state index in [0.717, 1.165) is 6.42 Å². The van der Waals surface area contributed by atoms with Gasteiger partial charge >= 0.3 is 0 Å². The minimum Gasteiger partial charge on any atom is -0.261 e. The average molecular weight is 225 g/mol. The van der Waals surface area contributed by atoms with Gasteiger partial charge in [0.25, 0.3) is 0 Å². The van der Waals surface area contributed by atoms with Gasteiger partial charge in [-0.25, -0.2) is 0 Å². The highest BCUT2D eigenvalue weighted by molar-refractivity contribution is 5.14. The van der Waals surface area contributed by atoms with Crippen molar-refractivity contribution in [1.29, 1.82) is 0 Å². The summed E-state index contributed by atoms with van der Waals surface area (Å²) in [5, 5.41) is 0. The van der Waals surface area contributed by atoms with Crippen LogP contribution in [0.5, 0.6) is 0 Å². The molecule has 1 aromatic heterocycles. The summed E-state index contributed by atoms with van der Waals surface area (Å²) in [7, 11) is 0. The van der Waals surface area contributed by atoms with Crippen LogP contribution in [-0.4, -0.2) is 4.98 Å².